The zero-order valence-electron chi connectivity index (χ0n) is 17.0. The monoisotopic (exact) mass is 471 g/mol. The molecule has 0 saturated carbocycles. The van der Waals surface area contributed by atoms with Crippen LogP contribution in [0.4, 0.5) is 0 Å². The summed E-state index contributed by atoms with van der Waals surface area (Å²) < 4.78 is 21.4. The van der Waals surface area contributed by atoms with Gasteiger partial charge in [0.25, 0.3) is 0 Å². The summed E-state index contributed by atoms with van der Waals surface area (Å²) in [5.74, 6) is -2.31. The fourth-order valence-corrected chi connectivity index (χ4v) is 3.39. The van der Waals surface area contributed by atoms with Crippen LogP contribution in [0.2, 0.25) is 0 Å². The molecule has 2 fully saturated rings. The summed E-state index contributed by atoms with van der Waals surface area (Å²) in [6, 6.07) is -1.37. The molecule has 0 unspecified atom stereocenters. The predicted molar refractivity (Wildman–Crippen MR) is 97.6 cm³/mol. The Bertz CT molecular complexity index is 630. The Labute approximate surface area is 181 Å². The number of amides is 1. The van der Waals surface area contributed by atoms with Crippen molar-refractivity contribution in [2.24, 2.45) is 0 Å². The van der Waals surface area contributed by atoms with Gasteiger partial charge in [0.1, 0.15) is 48.8 Å². The first kappa shape index (κ1) is 26.7. The molecule has 2 rings (SSSR count). The number of aliphatic hydroxyl groups excluding tert-OH is 7. The topological polar surface area (TPSA) is 245 Å². The van der Waals surface area contributed by atoms with Crippen LogP contribution in [0.25, 0.3) is 0 Å². The SMILES string of the molecule is CC(=O)N[C@H]1[C@H](OC(CO)CO)O[C@H](CO)[C@H](O)[C@@H]1O[C@@H]1O[C@H](C(=O)O)[C@@H](O)[C@H](O)[C@H]1O. The lowest BCUT2D eigenvalue weighted by molar-refractivity contribution is -0.344. The number of hydrogen-bond donors (Lipinski definition) is 9. The molecule has 2 heterocycles. The molecule has 0 radical (unpaired) electrons. The molecule has 1 amide bonds. The standard InChI is InChI=1S/C17H29NO14/c1-5(22)18-8-13(9(23)7(4-21)30-16(8)29-6(2-19)3-20)31-17-12(26)10(24)11(25)14(32-17)15(27)28/h6-14,16-17,19-21,23-26H,2-4H2,1H3,(H,18,22)(H,27,28)/t7-,8-,9+,10+,11+,12-,13-,14+,16-,17-/m1/s1. The number of hydrogen-bond acceptors (Lipinski definition) is 13. The molecule has 0 aliphatic carbocycles. The van der Waals surface area contributed by atoms with E-state index in [2.05, 4.69) is 5.32 Å². The second-order valence-electron chi connectivity index (χ2n) is 7.40. The van der Waals surface area contributed by atoms with E-state index < -0.39 is 99.2 Å². The molecular weight excluding hydrogens is 442 g/mol. The van der Waals surface area contributed by atoms with E-state index in [1.165, 1.54) is 0 Å². The number of aliphatic carboxylic acids is 1. The highest BCUT2D eigenvalue weighted by Crippen LogP contribution is 2.30. The van der Waals surface area contributed by atoms with E-state index in [0.717, 1.165) is 6.92 Å². The van der Waals surface area contributed by atoms with Gasteiger partial charge in [-0.25, -0.2) is 4.79 Å². The van der Waals surface area contributed by atoms with Crippen LogP contribution in [0, 0.1) is 0 Å². The van der Waals surface area contributed by atoms with Crippen molar-refractivity contribution in [2.75, 3.05) is 19.8 Å². The van der Waals surface area contributed by atoms with Gasteiger partial charge in [-0.15, -0.1) is 0 Å². The molecule has 0 spiro atoms. The van der Waals surface area contributed by atoms with Crippen molar-refractivity contribution in [1.82, 2.24) is 5.32 Å². The average molecular weight is 471 g/mol. The fraction of sp³-hybridized carbons (Fsp3) is 0.882. The molecule has 10 atom stereocenters. The lowest BCUT2D eigenvalue weighted by Crippen LogP contribution is -2.68. The number of ether oxygens (including phenoxy) is 4. The number of carboxylic acid groups (broad SMARTS) is 1. The summed E-state index contributed by atoms with van der Waals surface area (Å²) in [7, 11) is 0. The van der Waals surface area contributed by atoms with Crippen LogP contribution in [0.5, 0.6) is 0 Å². The van der Waals surface area contributed by atoms with E-state index in [9.17, 15) is 50.4 Å². The highest BCUT2D eigenvalue weighted by molar-refractivity contribution is 5.73. The van der Waals surface area contributed by atoms with Crippen LogP contribution >= 0.6 is 0 Å². The maximum absolute atomic E-state index is 11.7. The van der Waals surface area contributed by atoms with Crippen LogP contribution in [-0.4, -0.2) is 140 Å². The summed E-state index contributed by atoms with van der Waals surface area (Å²) in [5, 5.41) is 80.3. The third-order valence-corrected chi connectivity index (χ3v) is 5.06. The number of aliphatic hydroxyl groups is 7. The number of nitrogens with one attached hydrogen (secondary N) is 1. The lowest BCUT2D eigenvalue weighted by Gasteiger charge is -2.47. The van der Waals surface area contributed by atoms with E-state index >= 15 is 0 Å². The zero-order chi connectivity index (χ0) is 24.2. The third-order valence-electron chi connectivity index (χ3n) is 5.06. The maximum Gasteiger partial charge on any atom is 0.335 e. The molecule has 0 aromatic heterocycles. The average Bonchev–Trinajstić information content (AvgIpc) is 2.75. The van der Waals surface area contributed by atoms with Crippen LogP contribution in [0.3, 0.4) is 0 Å². The zero-order valence-corrected chi connectivity index (χ0v) is 17.0. The van der Waals surface area contributed by atoms with Crippen molar-refractivity contribution >= 4 is 11.9 Å². The molecule has 186 valence electrons. The van der Waals surface area contributed by atoms with Crippen molar-refractivity contribution in [3.63, 3.8) is 0 Å². The molecular formula is C17H29NO14. The van der Waals surface area contributed by atoms with E-state index in [1.54, 1.807) is 0 Å². The quantitative estimate of drug-likeness (QED) is 0.152. The van der Waals surface area contributed by atoms with Gasteiger partial charge in [-0.2, -0.15) is 0 Å². The second-order valence-corrected chi connectivity index (χ2v) is 7.40. The number of carboxylic acids is 1. The molecule has 32 heavy (non-hydrogen) atoms. The lowest BCUT2D eigenvalue weighted by atomic mass is 9.95. The fourth-order valence-electron chi connectivity index (χ4n) is 3.39. The molecule has 2 aliphatic heterocycles. The van der Waals surface area contributed by atoms with Gasteiger partial charge in [0.2, 0.25) is 5.91 Å². The van der Waals surface area contributed by atoms with Gasteiger partial charge in [-0.3, -0.25) is 4.79 Å². The minimum atomic E-state index is -1.99. The molecule has 15 nitrogen and oxygen atoms in total. The molecule has 0 aromatic carbocycles. The number of rotatable bonds is 9. The van der Waals surface area contributed by atoms with Crippen LogP contribution in [0.15, 0.2) is 0 Å². The van der Waals surface area contributed by atoms with Crippen LogP contribution in [-0.2, 0) is 28.5 Å². The Kier molecular flexibility index (Phi) is 9.68. The Balaban J connectivity index is 2.34. The first-order chi connectivity index (χ1) is 15.0. The minimum Gasteiger partial charge on any atom is -0.479 e. The number of carbonyl (C=O) groups is 2. The molecule has 2 saturated heterocycles. The van der Waals surface area contributed by atoms with Crippen molar-refractivity contribution < 1.29 is 69.4 Å². The summed E-state index contributed by atoms with van der Waals surface area (Å²) in [4.78, 5) is 23.0. The van der Waals surface area contributed by atoms with E-state index in [0.29, 0.717) is 0 Å². The molecule has 0 bridgehead atoms. The first-order valence-corrected chi connectivity index (χ1v) is 9.72. The predicted octanol–water partition coefficient (Wildman–Crippen LogP) is -5.78. The van der Waals surface area contributed by atoms with E-state index in [1.807, 2.05) is 0 Å². The highest BCUT2D eigenvalue weighted by atomic mass is 16.7. The van der Waals surface area contributed by atoms with Crippen LogP contribution in [0.1, 0.15) is 6.92 Å². The van der Waals surface area contributed by atoms with Crippen LogP contribution < -0.4 is 5.32 Å². The van der Waals surface area contributed by atoms with Gasteiger partial charge in [-0.05, 0) is 0 Å². The van der Waals surface area contributed by atoms with Gasteiger partial charge in [-0.1, -0.05) is 0 Å². The van der Waals surface area contributed by atoms with Crippen molar-refractivity contribution in [3.05, 3.63) is 0 Å². The Morgan fingerprint density at radius 3 is 2.06 bits per heavy atom. The Morgan fingerprint density at radius 1 is 0.938 bits per heavy atom. The van der Waals surface area contributed by atoms with Gasteiger partial charge >= 0.3 is 5.97 Å². The van der Waals surface area contributed by atoms with Gasteiger partial charge < -0.3 is 65.1 Å². The Hall–Kier alpha value is -1.50. The van der Waals surface area contributed by atoms with Gasteiger partial charge in [0.05, 0.1) is 19.8 Å². The van der Waals surface area contributed by atoms with E-state index in [-0.39, 0.29) is 0 Å². The van der Waals surface area contributed by atoms with Crippen molar-refractivity contribution in [3.8, 4) is 0 Å². The Morgan fingerprint density at radius 2 is 1.56 bits per heavy atom. The summed E-state index contributed by atoms with van der Waals surface area (Å²) in [6.07, 6.45) is -17.1. The smallest absolute Gasteiger partial charge is 0.335 e. The third kappa shape index (κ3) is 5.89. The number of carbonyl (C=O) groups excluding carboxylic acids is 1. The van der Waals surface area contributed by atoms with E-state index in [4.69, 9.17) is 18.9 Å². The van der Waals surface area contributed by atoms with Gasteiger partial charge in [0, 0.05) is 6.92 Å². The van der Waals surface area contributed by atoms with Gasteiger partial charge in [0.15, 0.2) is 18.7 Å². The second kappa shape index (κ2) is 11.6. The molecule has 2 aliphatic rings. The first-order valence-electron chi connectivity index (χ1n) is 9.72. The van der Waals surface area contributed by atoms with Crippen molar-refractivity contribution in [1.29, 1.82) is 0 Å². The highest BCUT2D eigenvalue weighted by Gasteiger charge is 2.53. The minimum absolute atomic E-state index is 0.643. The normalized spacial score (nSPS) is 40.3. The maximum atomic E-state index is 11.7. The molecule has 0 aromatic rings. The largest absolute Gasteiger partial charge is 0.479 e. The summed E-state index contributed by atoms with van der Waals surface area (Å²) in [6.45, 7) is -0.934. The molecule has 9 N–H and O–H groups in total. The summed E-state index contributed by atoms with van der Waals surface area (Å²) >= 11 is 0. The van der Waals surface area contributed by atoms with Crippen molar-refractivity contribution in [2.45, 2.75) is 74.4 Å². The molecule has 15 heteroatoms. The summed E-state index contributed by atoms with van der Waals surface area (Å²) in [5.41, 5.74) is 0.